The summed E-state index contributed by atoms with van der Waals surface area (Å²) < 4.78 is 5.99. The van der Waals surface area contributed by atoms with E-state index in [1.807, 2.05) is 11.8 Å². The molecule has 2 aliphatic heterocycles. The van der Waals surface area contributed by atoms with E-state index in [2.05, 4.69) is 17.6 Å². The maximum atomic E-state index is 12.1. The zero-order valence-corrected chi connectivity index (χ0v) is 13.1. The fraction of sp³-hybridized carbons (Fsp3) is 0.933. The van der Waals surface area contributed by atoms with Crippen LogP contribution in [0, 0.1) is 5.92 Å². The lowest BCUT2D eigenvalue weighted by atomic mass is 9.90. The number of thioether (sulfide) groups is 1. The van der Waals surface area contributed by atoms with Gasteiger partial charge in [0, 0.05) is 24.4 Å². The molecule has 1 spiro atoms. The Hall–Kier alpha value is -0.420. The van der Waals surface area contributed by atoms with E-state index in [1.54, 1.807) is 0 Å². The summed E-state index contributed by atoms with van der Waals surface area (Å²) in [5.74, 6) is 3.13. The summed E-state index contributed by atoms with van der Waals surface area (Å²) >= 11 is 1.97. The quantitative estimate of drug-likeness (QED) is 0.838. The molecule has 2 heterocycles. The number of rotatable bonds is 4. The van der Waals surface area contributed by atoms with Gasteiger partial charge in [0.2, 0.25) is 0 Å². The van der Waals surface area contributed by atoms with E-state index >= 15 is 0 Å². The number of nitrogens with one attached hydrogen (secondary N) is 2. The average Bonchev–Trinajstić information content (AvgIpc) is 3.09. The summed E-state index contributed by atoms with van der Waals surface area (Å²) in [6.45, 7) is 2.89. The van der Waals surface area contributed by atoms with Gasteiger partial charge < -0.3 is 15.4 Å². The number of ether oxygens (including phenoxy) is 1. The maximum Gasteiger partial charge on any atom is 0.315 e. The smallest absolute Gasteiger partial charge is 0.315 e. The Morgan fingerprint density at radius 2 is 2.30 bits per heavy atom. The van der Waals surface area contributed by atoms with Crippen molar-refractivity contribution in [2.45, 2.75) is 63.1 Å². The molecular formula is C15H26N2O2S. The molecule has 2 saturated heterocycles. The third-order valence-corrected chi connectivity index (χ3v) is 5.88. The zero-order chi connectivity index (χ0) is 14.0. The van der Waals surface area contributed by atoms with Crippen molar-refractivity contribution in [3.8, 4) is 0 Å². The van der Waals surface area contributed by atoms with Crippen molar-refractivity contribution in [1.82, 2.24) is 10.6 Å². The second-order valence-electron chi connectivity index (χ2n) is 6.72. The predicted molar refractivity (Wildman–Crippen MR) is 82.1 cm³/mol. The van der Waals surface area contributed by atoms with Gasteiger partial charge >= 0.3 is 6.03 Å². The van der Waals surface area contributed by atoms with E-state index in [0.29, 0.717) is 6.04 Å². The van der Waals surface area contributed by atoms with Crippen LogP contribution in [-0.2, 0) is 4.74 Å². The van der Waals surface area contributed by atoms with Crippen LogP contribution < -0.4 is 10.6 Å². The number of carbonyl (C=O) groups excluding carboxylic acids is 1. The van der Waals surface area contributed by atoms with E-state index < -0.39 is 0 Å². The molecule has 2 amide bonds. The van der Waals surface area contributed by atoms with Gasteiger partial charge in [0.15, 0.2) is 0 Å². The highest BCUT2D eigenvalue weighted by Crippen LogP contribution is 2.38. The fourth-order valence-corrected chi connectivity index (χ4v) is 4.76. The molecule has 2 N–H and O–H groups in total. The Balaban J connectivity index is 1.43. The normalized spacial score (nSPS) is 35.0. The summed E-state index contributed by atoms with van der Waals surface area (Å²) in [5.41, 5.74) is 0.0422. The van der Waals surface area contributed by atoms with Crippen LogP contribution >= 0.6 is 11.8 Å². The van der Waals surface area contributed by atoms with E-state index in [-0.39, 0.29) is 17.7 Å². The molecule has 0 aromatic rings. The van der Waals surface area contributed by atoms with E-state index in [9.17, 15) is 4.79 Å². The lowest BCUT2D eigenvalue weighted by Gasteiger charge is -2.38. The molecule has 3 aliphatic rings. The second kappa shape index (κ2) is 6.14. The lowest BCUT2D eigenvalue weighted by molar-refractivity contribution is -0.0684. The largest absolute Gasteiger partial charge is 0.374 e. The Kier molecular flexibility index (Phi) is 4.46. The standard InChI is InChI=1S/C15H26N2O2S/c1-11(8-12-2-3-12)16-14(18)17-13-4-6-19-15(9-13)5-7-20-10-15/h11-13H,2-10H2,1H3,(H2,16,17,18)/t11-,13+,15+/m1/s1. The molecule has 0 aromatic carbocycles. The molecule has 0 bridgehead atoms. The number of hydrogen-bond donors (Lipinski definition) is 2. The van der Waals surface area contributed by atoms with Crippen molar-refractivity contribution >= 4 is 17.8 Å². The molecule has 4 nitrogen and oxygen atoms in total. The van der Waals surface area contributed by atoms with Crippen LogP contribution in [0.5, 0.6) is 0 Å². The molecule has 3 rings (SSSR count). The average molecular weight is 298 g/mol. The van der Waals surface area contributed by atoms with Crippen LogP contribution in [0.2, 0.25) is 0 Å². The first kappa shape index (κ1) is 14.5. The SMILES string of the molecule is C[C@H](CC1CC1)NC(=O)N[C@H]1CCO[C@@]2(CCSC2)C1. The van der Waals surface area contributed by atoms with Gasteiger partial charge in [-0.25, -0.2) is 4.79 Å². The first-order valence-corrected chi connectivity index (χ1v) is 9.09. The highest BCUT2D eigenvalue weighted by molar-refractivity contribution is 7.99. The minimum Gasteiger partial charge on any atom is -0.374 e. The topological polar surface area (TPSA) is 50.4 Å². The Morgan fingerprint density at radius 3 is 3.00 bits per heavy atom. The molecule has 3 fully saturated rings. The van der Waals surface area contributed by atoms with Crippen LogP contribution in [0.25, 0.3) is 0 Å². The minimum absolute atomic E-state index is 0.00542. The van der Waals surface area contributed by atoms with Gasteiger partial charge in [-0.2, -0.15) is 11.8 Å². The number of carbonyl (C=O) groups is 1. The zero-order valence-electron chi connectivity index (χ0n) is 12.3. The van der Waals surface area contributed by atoms with E-state index in [1.165, 1.54) is 18.6 Å². The van der Waals surface area contributed by atoms with Crippen LogP contribution in [0.4, 0.5) is 4.79 Å². The summed E-state index contributed by atoms with van der Waals surface area (Å²) in [7, 11) is 0. The summed E-state index contributed by atoms with van der Waals surface area (Å²) in [5, 5.41) is 6.24. The molecule has 0 unspecified atom stereocenters. The van der Waals surface area contributed by atoms with Crippen LogP contribution in [0.3, 0.4) is 0 Å². The van der Waals surface area contributed by atoms with Gasteiger partial charge in [0.25, 0.3) is 0 Å². The monoisotopic (exact) mass is 298 g/mol. The van der Waals surface area contributed by atoms with E-state index in [0.717, 1.165) is 44.0 Å². The Labute approximate surface area is 125 Å². The molecule has 5 heteroatoms. The Morgan fingerprint density at radius 1 is 1.45 bits per heavy atom. The number of hydrogen-bond acceptors (Lipinski definition) is 3. The van der Waals surface area contributed by atoms with Crippen molar-refractivity contribution in [3.05, 3.63) is 0 Å². The summed E-state index contributed by atoms with van der Waals surface area (Å²) in [4.78, 5) is 12.1. The first-order chi connectivity index (χ1) is 9.65. The summed E-state index contributed by atoms with van der Waals surface area (Å²) in [6.07, 6.45) is 6.86. The minimum atomic E-state index is 0.00542. The molecule has 1 saturated carbocycles. The molecule has 0 aromatic heterocycles. The second-order valence-corrected chi connectivity index (χ2v) is 7.83. The van der Waals surface area contributed by atoms with Gasteiger partial charge in [-0.3, -0.25) is 0 Å². The highest BCUT2D eigenvalue weighted by Gasteiger charge is 2.40. The third kappa shape index (κ3) is 3.82. The molecule has 3 atom stereocenters. The molecular weight excluding hydrogens is 272 g/mol. The van der Waals surface area contributed by atoms with Crippen molar-refractivity contribution in [1.29, 1.82) is 0 Å². The van der Waals surface area contributed by atoms with E-state index in [4.69, 9.17) is 4.74 Å². The molecule has 1 aliphatic carbocycles. The summed E-state index contributed by atoms with van der Waals surface area (Å²) in [6, 6.07) is 0.569. The van der Waals surface area contributed by atoms with Gasteiger partial charge in [-0.05, 0) is 44.3 Å². The highest BCUT2D eigenvalue weighted by atomic mass is 32.2. The maximum absolute atomic E-state index is 12.1. The molecule has 114 valence electrons. The predicted octanol–water partition coefficient (Wildman–Crippen LogP) is 2.53. The molecule has 0 radical (unpaired) electrons. The lowest BCUT2D eigenvalue weighted by Crippen LogP contribution is -2.52. The van der Waals surface area contributed by atoms with Crippen molar-refractivity contribution in [2.24, 2.45) is 5.92 Å². The van der Waals surface area contributed by atoms with Crippen molar-refractivity contribution in [2.75, 3.05) is 18.1 Å². The van der Waals surface area contributed by atoms with Gasteiger partial charge in [0.05, 0.1) is 5.60 Å². The van der Waals surface area contributed by atoms with Crippen molar-refractivity contribution in [3.63, 3.8) is 0 Å². The Bertz CT molecular complexity index is 354. The van der Waals surface area contributed by atoms with Gasteiger partial charge in [0.1, 0.15) is 0 Å². The van der Waals surface area contributed by atoms with Crippen LogP contribution in [0.15, 0.2) is 0 Å². The molecule has 20 heavy (non-hydrogen) atoms. The van der Waals surface area contributed by atoms with Crippen LogP contribution in [-0.4, -0.2) is 41.8 Å². The first-order valence-electron chi connectivity index (χ1n) is 7.94. The van der Waals surface area contributed by atoms with Crippen molar-refractivity contribution < 1.29 is 9.53 Å². The van der Waals surface area contributed by atoms with Gasteiger partial charge in [-0.15, -0.1) is 0 Å². The fourth-order valence-electron chi connectivity index (χ4n) is 3.38. The van der Waals surface area contributed by atoms with Gasteiger partial charge in [-0.1, -0.05) is 12.8 Å². The van der Waals surface area contributed by atoms with Crippen LogP contribution in [0.1, 0.15) is 45.4 Å². The number of amides is 2. The third-order valence-electron chi connectivity index (χ3n) is 4.66. The number of urea groups is 1.